The molecule has 6 nitrogen and oxygen atoms in total. The standard InChI is InChI=1S/C25H18ClF3N2O4/c1-35-18-9-6-16(7-10-18)30-24(34)22(33)21-19-12-17(32)8-11-20(19)31(23(21)25(27,28)29)13-14-2-4-15(26)5-3-14/h2-12,32H,13H2,1H3,(H,30,34). The zero-order valence-electron chi connectivity index (χ0n) is 18.2. The van der Waals surface area contributed by atoms with E-state index in [1.165, 1.54) is 55.6 Å². The summed E-state index contributed by atoms with van der Waals surface area (Å²) in [5.74, 6) is -2.50. The number of ether oxygens (including phenoxy) is 1. The summed E-state index contributed by atoms with van der Waals surface area (Å²) in [7, 11) is 1.45. The number of ketones is 1. The SMILES string of the molecule is COc1ccc(NC(=O)C(=O)c2c(C(F)(F)F)n(Cc3ccc(Cl)cc3)c3ccc(O)cc23)cc1. The van der Waals surface area contributed by atoms with E-state index in [0.29, 0.717) is 16.3 Å². The third kappa shape index (κ3) is 4.95. The summed E-state index contributed by atoms with van der Waals surface area (Å²) in [6, 6.07) is 15.7. The van der Waals surface area contributed by atoms with E-state index in [2.05, 4.69) is 5.32 Å². The van der Waals surface area contributed by atoms with Crippen molar-refractivity contribution in [2.45, 2.75) is 12.7 Å². The van der Waals surface area contributed by atoms with Crippen LogP contribution in [0.25, 0.3) is 10.9 Å². The zero-order chi connectivity index (χ0) is 25.3. The summed E-state index contributed by atoms with van der Waals surface area (Å²) in [6.45, 7) is -0.249. The number of carbonyl (C=O) groups is 2. The van der Waals surface area contributed by atoms with Crippen LogP contribution in [0.5, 0.6) is 11.5 Å². The second-order valence-corrected chi connectivity index (χ2v) is 8.08. The number of nitrogens with one attached hydrogen (secondary N) is 1. The summed E-state index contributed by atoms with van der Waals surface area (Å²) >= 11 is 5.88. The quantitative estimate of drug-likeness (QED) is 0.254. The van der Waals surface area contributed by atoms with Crippen molar-refractivity contribution in [1.82, 2.24) is 4.57 Å². The Labute approximate surface area is 202 Å². The number of fused-ring (bicyclic) bond motifs is 1. The van der Waals surface area contributed by atoms with E-state index in [1.54, 1.807) is 12.1 Å². The molecule has 3 aromatic carbocycles. The lowest BCUT2D eigenvalue weighted by atomic mass is 10.0. The number of benzene rings is 3. The molecule has 0 fully saturated rings. The largest absolute Gasteiger partial charge is 0.508 e. The van der Waals surface area contributed by atoms with Gasteiger partial charge >= 0.3 is 6.18 Å². The molecule has 0 aliphatic carbocycles. The first kappa shape index (κ1) is 24.2. The zero-order valence-corrected chi connectivity index (χ0v) is 18.9. The minimum atomic E-state index is -4.98. The number of anilines is 1. The highest BCUT2D eigenvalue weighted by atomic mass is 35.5. The van der Waals surface area contributed by atoms with Gasteiger partial charge in [0.25, 0.3) is 11.7 Å². The highest BCUT2D eigenvalue weighted by Crippen LogP contribution is 2.40. The first-order chi connectivity index (χ1) is 16.6. The average Bonchev–Trinajstić information content (AvgIpc) is 3.14. The highest BCUT2D eigenvalue weighted by Gasteiger charge is 2.42. The van der Waals surface area contributed by atoms with Gasteiger partial charge in [-0.25, -0.2) is 0 Å². The third-order valence-corrected chi connectivity index (χ3v) is 5.60. The van der Waals surface area contributed by atoms with Gasteiger partial charge in [-0.1, -0.05) is 23.7 Å². The molecular formula is C25H18ClF3N2O4. The van der Waals surface area contributed by atoms with Crippen LogP contribution in [0.2, 0.25) is 5.02 Å². The Morgan fingerprint density at radius 2 is 1.69 bits per heavy atom. The van der Waals surface area contributed by atoms with E-state index in [4.69, 9.17) is 16.3 Å². The van der Waals surface area contributed by atoms with Crippen LogP contribution in [0.1, 0.15) is 21.6 Å². The van der Waals surface area contributed by atoms with Gasteiger partial charge in [-0.05, 0) is 60.2 Å². The monoisotopic (exact) mass is 502 g/mol. The van der Waals surface area contributed by atoms with E-state index in [0.717, 1.165) is 10.6 Å². The number of aromatic hydroxyl groups is 1. The van der Waals surface area contributed by atoms with E-state index in [1.807, 2.05) is 0 Å². The number of alkyl halides is 3. The maximum Gasteiger partial charge on any atom is 0.432 e. The molecular weight excluding hydrogens is 485 g/mol. The second kappa shape index (κ2) is 9.34. The number of rotatable bonds is 6. The summed E-state index contributed by atoms with van der Waals surface area (Å²) in [6.07, 6.45) is -4.98. The molecule has 0 aliphatic rings. The average molecular weight is 503 g/mol. The van der Waals surface area contributed by atoms with Crippen LogP contribution in [-0.2, 0) is 17.5 Å². The Balaban J connectivity index is 1.83. The fourth-order valence-electron chi connectivity index (χ4n) is 3.78. The lowest BCUT2D eigenvalue weighted by Gasteiger charge is -2.15. The molecule has 0 saturated carbocycles. The van der Waals surface area contributed by atoms with Crippen LogP contribution in [0.15, 0.2) is 66.7 Å². The Bertz CT molecular complexity index is 1410. The Kier molecular flexibility index (Phi) is 6.45. The molecule has 4 aromatic rings. The van der Waals surface area contributed by atoms with Crippen molar-refractivity contribution in [3.63, 3.8) is 0 Å². The number of amides is 1. The van der Waals surface area contributed by atoms with Gasteiger partial charge in [-0.15, -0.1) is 0 Å². The fraction of sp³-hybridized carbons (Fsp3) is 0.120. The highest BCUT2D eigenvalue weighted by molar-refractivity contribution is 6.48. The molecule has 35 heavy (non-hydrogen) atoms. The van der Waals surface area contributed by atoms with Crippen molar-refractivity contribution in [2.75, 3.05) is 12.4 Å². The van der Waals surface area contributed by atoms with Crippen molar-refractivity contribution in [2.24, 2.45) is 0 Å². The van der Waals surface area contributed by atoms with Gasteiger partial charge in [0.05, 0.1) is 12.7 Å². The number of hydrogen-bond donors (Lipinski definition) is 2. The molecule has 0 radical (unpaired) electrons. The van der Waals surface area contributed by atoms with Crippen LogP contribution in [0, 0.1) is 0 Å². The maximum absolute atomic E-state index is 14.3. The molecule has 180 valence electrons. The summed E-state index contributed by atoms with van der Waals surface area (Å²) < 4.78 is 49.0. The van der Waals surface area contributed by atoms with Crippen LogP contribution in [-0.4, -0.2) is 28.5 Å². The van der Waals surface area contributed by atoms with Gasteiger partial charge in [0.15, 0.2) is 0 Å². The lowest BCUT2D eigenvalue weighted by Crippen LogP contribution is -2.26. The van der Waals surface area contributed by atoms with Gasteiger partial charge in [0, 0.05) is 28.2 Å². The second-order valence-electron chi connectivity index (χ2n) is 7.65. The van der Waals surface area contributed by atoms with Crippen LogP contribution < -0.4 is 10.1 Å². The first-order valence-corrected chi connectivity index (χ1v) is 10.6. The summed E-state index contributed by atoms with van der Waals surface area (Å²) in [4.78, 5) is 25.9. The van der Waals surface area contributed by atoms with Crippen molar-refractivity contribution in [1.29, 1.82) is 0 Å². The van der Waals surface area contributed by atoms with Gasteiger partial charge in [0.2, 0.25) is 0 Å². The Morgan fingerprint density at radius 1 is 1.03 bits per heavy atom. The molecule has 0 atom stereocenters. The van der Waals surface area contributed by atoms with Crippen LogP contribution in [0.3, 0.4) is 0 Å². The predicted octanol–water partition coefficient (Wildman–Crippen LogP) is 5.90. The normalized spacial score (nSPS) is 11.5. The van der Waals surface area contributed by atoms with Crippen LogP contribution >= 0.6 is 11.6 Å². The summed E-state index contributed by atoms with van der Waals surface area (Å²) in [5.41, 5.74) is -1.41. The lowest BCUT2D eigenvalue weighted by molar-refractivity contribution is -0.143. The Hall–Kier alpha value is -3.98. The molecule has 4 rings (SSSR count). The predicted molar refractivity (Wildman–Crippen MR) is 125 cm³/mol. The van der Waals surface area contributed by atoms with Gasteiger partial charge < -0.3 is 19.7 Å². The molecule has 0 spiro atoms. The number of methoxy groups -OCH3 is 1. The first-order valence-electron chi connectivity index (χ1n) is 10.2. The molecule has 0 bridgehead atoms. The number of aromatic nitrogens is 1. The Morgan fingerprint density at radius 3 is 2.29 bits per heavy atom. The minimum absolute atomic E-state index is 0.0330. The maximum atomic E-state index is 14.3. The van der Waals surface area contributed by atoms with Crippen LogP contribution in [0.4, 0.5) is 18.9 Å². The van der Waals surface area contributed by atoms with Crippen molar-refractivity contribution in [3.05, 3.63) is 88.6 Å². The number of phenols is 1. The number of nitrogens with zero attached hydrogens (tertiary/aromatic N) is 1. The number of carbonyl (C=O) groups excluding carboxylic acids is 2. The molecule has 0 saturated heterocycles. The fourth-order valence-corrected chi connectivity index (χ4v) is 3.91. The molecule has 0 unspecified atom stereocenters. The third-order valence-electron chi connectivity index (χ3n) is 5.35. The number of Topliss-reactive ketones (excluding diaryl/α,β-unsaturated/α-hetero) is 1. The van der Waals surface area contributed by atoms with E-state index >= 15 is 0 Å². The topological polar surface area (TPSA) is 80.6 Å². The molecule has 1 aromatic heterocycles. The molecule has 1 amide bonds. The van der Waals surface area contributed by atoms with E-state index in [9.17, 15) is 27.9 Å². The minimum Gasteiger partial charge on any atom is -0.508 e. The number of hydrogen-bond acceptors (Lipinski definition) is 4. The van der Waals surface area contributed by atoms with E-state index < -0.39 is 29.1 Å². The van der Waals surface area contributed by atoms with Gasteiger partial charge in [-0.3, -0.25) is 9.59 Å². The van der Waals surface area contributed by atoms with Gasteiger partial charge in [-0.2, -0.15) is 13.2 Å². The van der Waals surface area contributed by atoms with Crippen molar-refractivity contribution < 1.29 is 32.6 Å². The molecule has 10 heteroatoms. The number of halogens is 4. The van der Waals surface area contributed by atoms with Gasteiger partial charge in [0.1, 0.15) is 17.2 Å². The van der Waals surface area contributed by atoms with E-state index in [-0.39, 0.29) is 28.9 Å². The molecule has 2 N–H and O–H groups in total. The smallest absolute Gasteiger partial charge is 0.432 e. The molecule has 0 aliphatic heterocycles. The summed E-state index contributed by atoms with van der Waals surface area (Å²) in [5, 5.41) is 12.5. The van der Waals surface area contributed by atoms with Crippen molar-refractivity contribution in [3.8, 4) is 11.5 Å². The number of phenolic OH excluding ortho intramolecular Hbond substituents is 1. The van der Waals surface area contributed by atoms with Crippen molar-refractivity contribution >= 4 is 39.9 Å². The molecule has 1 heterocycles.